The Balaban J connectivity index is 1.14. The first-order chi connectivity index (χ1) is 16.6. The van der Waals surface area contributed by atoms with Gasteiger partial charge < -0.3 is 9.64 Å². The second-order valence-corrected chi connectivity index (χ2v) is 11.8. The smallest absolute Gasteiger partial charge is 0.257 e. The van der Waals surface area contributed by atoms with Crippen molar-refractivity contribution in [1.29, 1.82) is 0 Å². The monoisotopic (exact) mass is 465 g/mol. The first-order valence-electron chi connectivity index (χ1n) is 13.1. The van der Waals surface area contributed by atoms with Gasteiger partial charge in [0.1, 0.15) is 11.6 Å². The maximum absolute atomic E-state index is 15.4. The Morgan fingerprint density at radius 1 is 1.12 bits per heavy atom. The van der Waals surface area contributed by atoms with Crippen molar-refractivity contribution < 1.29 is 13.9 Å². The van der Waals surface area contributed by atoms with Crippen LogP contribution < -0.4 is 4.74 Å². The standard InChI is InChI=1S/C26H32FN5O2/c27-21-10-23(34-14-26-11-15-6-16(12-26)8-17(7-15)13-26)19(18-3-4-18)9-20(21)25(33)32-5-1-2-22(32)24-28-30-31-29-24/h9-10,15-18,22H,1-8,11-14H2,(H,28,29,30,31)/t15?,16?,17?,22-,26?/m0/s1. The number of likely N-dealkylation sites (tertiary alicyclic amines) is 1. The normalized spacial score (nSPS) is 34.1. The number of nitrogens with zero attached hydrogens (tertiary/aromatic N) is 4. The van der Waals surface area contributed by atoms with Crippen molar-refractivity contribution in [3.63, 3.8) is 0 Å². The van der Waals surface area contributed by atoms with E-state index in [4.69, 9.17) is 4.74 Å². The van der Waals surface area contributed by atoms with Crippen molar-refractivity contribution in [1.82, 2.24) is 25.5 Å². The van der Waals surface area contributed by atoms with Gasteiger partial charge in [-0.1, -0.05) is 0 Å². The summed E-state index contributed by atoms with van der Waals surface area (Å²) >= 11 is 0. The minimum Gasteiger partial charge on any atom is -0.493 e. The molecule has 0 unspecified atom stereocenters. The number of carbonyl (C=O) groups is 1. The number of H-pyrrole nitrogens is 1. The molecule has 8 heteroatoms. The molecule has 34 heavy (non-hydrogen) atoms. The van der Waals surface area contributed by atoms with Crippen LogP contribution in [-0.4, -0.2) is 44.6 Å². The van der Waals surface area contributed by atoms with Crippen molar-refractivity contribution in [3.8, 4) is 5.75 Å². The summed E-state index contributed by atoms with van der Waals surface area (Å²) in [6.07, 6.45) is 11.8. The summed E-state index contributed by atoms with van der Waals surface area (Å²) in [5, 5.41) is 14.1. The highest BCUT2D eigenvalue weighted by Crippen LogP contribution is 2.60. The van der Waals surface area contributed by atoms with Gasteiger partial charge in [0.2, 0.25) is 0 Å². The predicted molar refractivity (Wildman–Crippen MR) is 122 cm³/mol. The fourth-order valence-electron chi connectivity index (χ4n) is 8.03. The van der Waals surface area contributed by atoms with Crippen LogP contribution in [-0.2, 0) is 0 Å². The third-order valence-electron chi connectivity index (χ3n) is 9.24. The lowest BCUT2D eigenvalue weighted by molar-refractivity contribution is -0.0747. The zero-order valence-electron chi connectivity index (χ0n) is 19.5. The van der Waals surface area contributed by atoms with Crippen molar-refractivity contribution in [3.05, 3.63) is 34.9 Å². The van der Waals surface area contributed by atoms with Gasteiger partial charge in [0.25, 0.3) is 5.91 Å². The molecule has 2 aromatic rings. The largest absolute Gasteiger partial charge is 0.493 e. The lowest BCUT2D eigenvalue weighted by atomic mass is 9.50. The van der Waals surface area contributed by atoms with Gasteiger partial charge in [0, 0.05) is 18.0 Å². The lowest BCUT2D eigenvalue weighted by Gasteiger charge is -2.56. The van der Waals surface area contributed by atoms with E-state index < -0.39 is 5.82 Å². The van der Waals surface area contributed by atoms with Gasteiger partial charge in [-0.25, -0.2) is 9.49 Å². The molecule has 4 bridgehead atoms. The van der Waals surface area contributed by atoms with Crippen LogP contribution in [0, 0.1) is 29.0 Å². The number of tetrazole rings is 1. The highest BCUT2D eigenvalue weighted by Gasteiger charge is 2.51. The van der Waals surface area contributed by atoms with E-state index in [9.17, 15) is 4.79 Å². The Kier molecular flexibility index (Phi) is 4.75. The quantitative estimate of drug-likeness (QED) is 0.663. The first-order valence-corrected chi connectivity index (χ1v) is 13.1. The Labute approximate surface area is 198 Å². The number of hydrogen-bond donors (Lipinski definition) is 1. The molecule has 0 radical (unpaired) electrons. The fraction of sp³-hybridized carbons (Fsp3) is 0.692. The molecule has 2 heterocycles. The van der Waals surface area contributed by atoms with Crippen molar-refractivity contribution in [2.75, 3.05) is 13.2 Å². The predicted octanol–water partition coefficient (Wildman–Crippen LogP) is 4.79. The van der Waals surface area contributed by atoms with E-state index in [0.717, 1.165) is 49.0 Å². The first kappa shape index (κ1) is 20.8. The zero-order chi connectivity index (χ0) is 22.9. The molecule has 1 N–H and O–H groups in total. The van der Waals surface area contributed by atoms with E-state index in [1.807, 2.05) is 0 Å². The van der Waals surface area contributed by atoms with Gasteiger partial charge in [-0.3, -0.25) is 4.79 Å². The third kappa shape index (κ3) is 3.52. The van der Waals surface area contributed by atoms with Crippen LogP contribution >= 0.6 is 0 Å². The highest BCUT2D eigenvalue weighted by atomic mass is 19.1. The second-order valence-electron chi connectivity index (χ2n) is 11.8. The number of aromatic amines is 1. The van der Waals surface area contributed by atoms with E-state index >= 15 is 4.39 Å². The summed E-state index contributed by atoms with van der Waals surface area (Å²) in [7, 11) is 0. The summed E-state index contributed by atoms with van der Waals surface area (Å²) in [6.45, 7) is 1.27. The summed E-state index contributed by atoms with van der Waals surface area (Å²) in [5.74, 6) is 3.40. The number of halogens is 1. The zero-order valence-corrected chi connectivity index (χ0v) is 19.5. The molecule has 6 fully saturated rings. The molecule has 1 aromatic carbocycles. The number of ether oxygens (including phenoxy) is 1. The Morgan fingerprint density at radius 2 is 1.85 bits per heavy atom. The summed E-state index contributed by atoms with van der Waals surface area (Å²) in [4.78, 5) is 15.1. The Hall–Kier alpha value is -2.51. The van der Waals surface area contributed by atoms with Crippen molar-refractivity contribution >= 4 is 5.91 Å². The van der Waals surface area contributed by atoms with E-state index in [-0.39, 0.29) is 22.9 Å². The van der Waals surface area contributed by atoms with Crippen molar-refractivity contribution in [2.45, 2.75) is 76.2 Å². The van der Waals surface area contributed by atoms with Crippen LogP contribution in [0.2, 0.25) is 0 Å². The SMILES string of the molecule is O=C(c1cc(C2CC2)c(OCC23CC4CC(CC(C4)C2)C3)cc1F)N1CCC[C@H]1c1nnn[nH]1. The molecule has 1 atom stereocenters. The van der Waals surface area contributed by atoms with Crippen LogP contribution in [0.4, 0.5) is 4.39 Å². The number of rotatable bonds is 6. The van der Waals surface area contributed by atoms with E-state index in [2.05, 4.69) is 20.6 Å². The number of aromatic nitrogens is 4. The van der Waals surface area contributed by atoms with Gasteiger partial charge in [-0.15, -0.1) is 5.10 Å². The number of amides is 1. The van der Waals surface area contributed by atoms with Gasteiger partial charge in [-0.05, 0) is 110 Å². The van der Waals surface area contributed by atoms with Crippen LogP contribution in [0.5, 0.6) is 5.75 Å². The minimum atomic E-state index is -0.490. The Morgan fingerprint density at radius 3 is 2.50 bits per heavy atom. The summed E-state index contributed by atoms with van der Waals surface area (Å²) in [6, 6.07) is 3.03. The molecule has 0 spiro atoms. The molecule has 1 aliphatic heterocycles. The molecule has 1 saturated heterocycles. The molecule has 5 aliphatic carbocycles. The van der Waals surface area contributed by atoms with Gasteiger partial charge in [0.05, 0.1) is 18.2 Å². The van der Waals surface area contributed by atoms with Gasteiger partial charge in [0.15, 0.2) is 5.82 Å². The molecule has 6 aliphatic rings. The third-order valence-corrected chi connectivity index (χ3v) is 9.24. The molecular formula is C26H32FN5O2. The molecular weight excluding hydrogens is 433 g/mol. The van der Waals surface area contributed by atoms with Gasteiger partial charge >= 0.3 is 0 Å². The number of nitrogens with one attached hydrogen (secondary N) is 1. The average molecular weight is 466 g/mol. The fourth-order valence-corrected chi connectivity index (χ4v) is 8.03. The minimum absolute atomic E-state index is 0.142. The number of benzene rings is 1. The lowest BCUT2D eigenvalue weighted by Crippen LogP contribution is -2.48. The average Bonchev–Trinajstić information content (AvgIpc) is 3.29. The number of carbonyl (C=O) groups excluding carboxylic acids is 1. The Bertz CT molecular complexity index is 1060. The molecule has 8 rings (SSSR count). The summed E-state index contributed by atoms with van der Waals surface area (Å²) in [5.41, 5.74) is 1.42. The van der Waals surface area contributed by atoms with Crippen LogP contribution in [0.3, 0.4) is 0 Å². The number of hydrogen-bond acceptors (Lipinski definition) is 5. The maximum atomic E-state index is 15.4. The highest BCUT2D eigenvalue weighted by molar-refractivity contribution is 5.95. The van der Waals surface area contributed by atoms with Crippen LogP contribution in [0.25, 0.3) is 0 Å². The van der Waals surface area contributed by atoms with E-state index in [1.54, 1.807) is 11.0 Å². The molecule has 7 nitrogen and oxygen atoms in total. The van der Waals surface area contributed by atoms with E-state index in [0.29, 0.717) is 30.6 Å². The molecule has 180 valence electrons. The summed E-state index contributed by atoms with van der Waals surface area (Å²) < 4.78 is 21.8. The van der Waals surface area contributed by atoms with E-state index in [1.165, 1.54) is 44.6 Å². The van der Waals surface area contributed by atoms with Crippen molar-refractivity contribution in [2.24, 2.45) is 23.2 Å². The van der Waals surface area contributed by atoms with Gasteiger partial charge in [-0.2, -0.15) is 0 Å². The second kappa shape index (κ2) is 7.75. The van der Waals surface area contributed by atoms with Crippen LogP contribution in [0.15, 0.2) is 12.1 Å². The molecule has 1 amide bonds. The molecule has 5 saturated carbocycles. The van der Waals surface area contributed by atoms with Crippen LogP contribution in [0.1, 0.15) is 97.9 Å². The topological polar surface area (TPSA) is 84.0 Å². The maximum Gasteiger partial charge on any atom is 0.257 e. The molecule has 1 aromatic heterocycles.